The van der Waals surface area contributed by atoms with Gasteiger partial charge in [0.15, 0.2) is 11.6 Å². The zero-order valence-electron chi connectivity index (χ0n) is 13.2. The highest BCUT2D eigenvalue weighted by atomic mass is 32.2. The molecule has 1 unspecified atom stereocenters. The number of hydrogen-bond acceptors (Lipinski definition) is 5. The smallest absolute Gasteiger partial charge is 0.289 e. The Balaban J connectivity index is 1.35. The Morgan fingerprint density at radius 3 is 3.00 bits per heavy atom. The minimum Gasteiger partial charge on any atom is -0.471 e. The average molecular weight is 348 g/mol. The van der Waals surface area contributed by atoms with Crippen molar-refractivity contribution >= 4 is 17.7 Å². The number of rotatable bonds is 3. The molecule has 2 aromatic rings. The van der Waals surface area contributed by atoms with Crippen LogP contribution in [0.15, 0.2) is 34.9 Å². The molecular formula is C17H17FN2O3S. The van der Waals surface area contributed by atoms with Gasteiger partial charge in [-0.2, -0.15) is 0 Å². The molecule has 126 valence electrons. The second kappa shape index (κ2) is 5.81. The molecule has 1 amide bonds. The monoisotopic (exact) mass is 348 g/mol. The Bertz CT molecular complexity index is 773. The van der Waals surface area contributed by atoms with E-state index in [1.165, 1.54) is 12.3 Å². The normalized spacial score (nSPS) is 21.8. The van der Waals surface area contributed by atoms with Crippen molar-refractivity contribution in [3.63, 3.8) is 0 Å². The van der Waals surface area contributed by atoms with Crippen molar-refractivity contribution < 1.29 is 18.3 Å². The number of amides is 1. The second-order valence-corrected chi connectivity index (χ2v) is 7.79. The summed E-state index contributed by atoms with van der Waals surface area (Å²) in [6.45, 7) is 3.15. The van der Waals surface area contributed by atoms with Gasteiger partial charge >= 0.3 is 0 Å². The number of furan rings is 1. The molecular weight excluding hydrogens is 331 g/mol. The van der Waals surface area contributed by atoms with Crippen molar-refractivity contribution in [1.29, 1.82) is 0 Å². The van der Waals surface area contributed by atoms with Crippen LogP contribution in [0, 0.1) is 12.7 Å². The Morgan fingerprint density at radius 2 is 2.29 bits per heavy atom. The molecule has 2 aliphatic rings. The SMILES string of the molecule is Cc1ccc(C(=O)N2CC3(CC(Oc4ncccc4F)CS3)C2)o1. The van der Waals surface area contributed by atoms with Crippen LogP contribution in [0.25, 0.3) is 0 Å². The van der Waals surface area contributed by atoms with Crippen LogP contribution < -0.4 is 4.74 Å². The molecule has 2 aliphatic heterocycles. The molecule has 4 heterocycles. The average Bonchev–Trinajstić information content (AvgIpc) is 3.14. The van der Waals surface area contributed by atoms with Crippen LogP contribution in [0.5, 0.6) is 5.88 Å². The number of nitrogens with zero attached hydrogens (tertiary/aromatic N) is 2. The number of aromatic nitrogens is 1. The molecule has 1 spiro atoms. The van der Waals surface area contributed by atoms with Crippen LogP contribution in [0.1, 0.15) is 22.7 Å². The summed E-state index contributed by atoms with van der Waals surface area (Å²) in [7, 11) is 0. The van der Waals surface area contributed by atoms with E-state index in [0.29, 0.717) is 18.8 Å². The van der Waals surface area contributed by atoms with Gasteiger partial charge in [-0.25, -0.2) is 9.37 Å². The fourth-order valence-electron chi connectivity index (χ4n) is 3.21. The lowest BCUT2D eigenvalue weighted by Crippen LogP contribution is -2.60. The molecule has 2 fully saturated rings. The van der Waals surface area contributed by atoms with Gasteiger partial charge in [-0.05, 0) is 31.2 Å². The molecule has 0 bridgehead atoms. The predicted molar refractivity (Wildman–Crippen MR) is 87.8 cm³/mol. The third kappa shape index (κ3) is 2.77. The molecule has 0 N–H and O–H groups in total. The summed E-state index contributed by atoms with van der Waals surface area (Å²) in [5.41, 5.74) is 0. The highest BCUT2D eigenvalue weighted by Crippen LogP contribution is 2.46. The van der Waals surface area contributed by atoms with Gasteiger partial charge in [-0.15, -0.1) is 11.8 Å². The summed E-state index contributed by atoms with van der Waals surface area (Å²) in [4.78, 5) is 18.1. The molecule has 5 nitrogen and oxygen atoms in total. The van der Waals surface area contributed by atoms with Crippen LogP contribution in [0.4, 0.5) is 4.39 Å². The summed E-state index contributed by atoms with van der Waals surface area (Å²) in [6.07, 6.45) is 2.22. The van der Waals surface area contributed by atoms with Crippen LogP contribution >= 0.6 is 11.8 Å². The van der Waals surface area contributed by atoms with Crippen molar-refractivity contribution in [2.75, 3.05) is 18.8 Å². The molecule has 2 saturated heterocycles. The number of ether oxygens (including phenoxy) is 1. The molecule has 0 aromatic carbocycles. The Hall–Kier alpha value is -2.02. The van der Waals surface area contributed by atoms with E-state index >= 15 is 0 Å². The van der Waals surface area contributed by atoms with Gasteiger partial charge in [0.25, 0.3) is 11.8 Å². The maximum absolute atomic E-state index is 13.6. The Morgan fingerprint density at radius 1 is 1.46 bits per heavy atom. The number of likely N-dealkylation sites (tertiary alicyclic amines) is 1. The molecule has 0 saturated carbocycles. The summed E-state index contributed by atoms with van der Waals surface area (Å²) in [6, 6.07) is 6.38. The summed E-state index contributed by atoms with van der Waals surface area (Å²) in [5, 5.41) is 0. The Labute approximate surface area is 143 Å². The van der Waals surface area contributed by atoms with Gasteiger partial charge < -0.3 is 14.1 Å². The maximum atomic E-state index is 13.6. The minimum absolute atomic E-state index is 0.00716. The van der Waals surface area contributed by atoms with Gasteiger partial charge in [0.1, 0.15) is 11.9 Å². The van der Waals surface area contributed by atoms with E-state index in [2.05, 4.69) is 4.98 Å². The quantitative estimate of drug-likeness (QED) is 0.854. The van der Waals surface area contributed by atoms with Gasteiger partial charge in [-0.1, -0.05) is 0 Å². The van der Waals surface area contributed by atoms with Crippen LogP contribution in [-0.2, 0) is 0 Å². The van der Waals surface area contributed by atoms with E-state index in [0.717, 1.165) is 17.9 Å². The highest BCUT2D eigenvalue weighted by Gasteiger charge is 2.51. The first-order valence-electron chi connectivity index (χ1n) is 7.82. The van der Waals surface area contributed by atoms with Crippen LogP contribution in [-0.4, -0.2) is 45.5 Å². The fraction of sp³-hybridized carbons (Fsp3) is 0.412. The molecule has 0 radical (unpaired) electrons. The number of halogens is 1. The topological polar surface area (TPSA) is 55.6 Å². The van der Waals surface area contributed by atoms with Crippen LogP contribution in [0.2, 0.25) is 0 Å². The molecule has 1 atom stereocenters. The summed E-state index contributed by atoms with van der Waals surface area (Å²) >= 11 is 1.79. The van der Waals surface area contributed by atoms with Gasteiger partial charge in [0.2, 0.25) is 0 Å². The van der Waals surface area contributed by atoms with E-state index in [9.17, 15) is 9.18 Å². The first kappa shape index (κ1) is 15.5. The molecule has 24 heavy (non-hydrogen) atoms. The standard InChI is InChI=1S/C17H17FN2O3S/c1-11-4-5-14(22-11)16(21)20-9-17(10-20)7-12(8-24-17)23-15-13(18)3-2-6-19-15/h2-6,12H,7-10H2,1H3. The van der Waals surface area contributed by atoms with Crippen molar-refractivity contribution in [1.82, 2.24) is 9.88 Å². The van der Waals surface area contributed by atoms with Gasteiger partial charge in [-0.3, -0.25) is 4.79 Å². The zero-order valence-corrected chi connectivity index (χ0v) is 14.0. The van der Waals surface area contributed by atoms with Gasteiger partial charge in [0, 0.05) is 31.5 Å². The lowest BCUT2D eigenvalue weighted by Gasteiger charge is -2.46. The second-order valence-electron chi connectivity index (χ2n) is 6.30. The van der Waals surface area contributed by atoms with Crippen molar-refractivity contribution in [2.24, 2.45) is 0 Å². The minimum atomic E-state index is -0.443. The number of carbonyl (C=O) groups is 1. The third-order valence-corrected chi connectivity index (χ3v) is 5.95. The zero-order chi connectivity index (χ0) is 16.7. The molecule has 7 heteroatoms. The number of aryl methyl sites for hydroxylation is 1. The van der Waals surface area contributed by atoms with E-state index in [-0.39, 0.29) is 22.6 Å². The lowest BCUT2D eigenvalue weighted by atomic mass is 9.92. The van der Waals surface area contributed by atoms with Crippen molar-refractivity contribution in [3.8, 4) is 5.88 Å². The maximum Gasteiger partial charge on any atom is 0.289 e. The van der Waals surface area contributed by atoms with Crippen molar-refractivity contribution in [3.05, 3.63) is 47.8 Å². The van der Waals surface area contributed by atoms with E-state index in [1.807, 2.05) is 6.92 Å². The van der Waals surface area contributed by atoms with E-state index in [1.54, 1.807) is 34.9 Å². The number of pyridine rings is 1. The van der Waals surface area contributed by atoms with Crippen molar-refractivity contribution in [2.45, 2.75) is 24.2 Å². The Kier molecular flexibility index (Phi) is 3.75. The highest BCUT2D eigenvalue weighted by molar-refractivity contribution is 8.01. The van der Waals surface area contributed by atoms with E-state index in [4.69, 9.17) is 9.15 Å². The fourth-order valence-corrected chi connectivity index (χ4v) is 4.74. The summed E-state index contributed by atoms with van der Waals surface area (Å²) < 4.78 is 24.7. The number of carbonyl (C=O) groups excluding carboxylic acids is 1. The largest absolute Gasteiger partial charge is 0.471 e. The summed E-state index contributed by atoms with van der Waals surface area (Å²) in [5.74, 6) is 1.43. The first-order valence-corrected chi connectivity index (χ1v) is 8.80. The lowest BCUT2D eigenvalue weighted by molar-refractivity contribution is 0.0482. The first-order chi connectivity index (χ1) is 11.5. The van der Waals surface area contributed by atoms with E-state index < -0.39 is 5.82 Å². The number of thioether (sulfide) groups is 1. The van der Waals surface area contributed by atoms with Crippen LogP contribution in [0.3, 0.4) is 0 Å². The predicted octanol–water partition coefficient (Wildman–Crippen LogP) is 2.90. The molecule has 0 aliphatic carbocycles. The number of hydrogen-bond donors (Lipinski definition) is 0. The molecule has 2 aromatic heterocycles. The molecule has 4 rings (SSSR count). The third-order valence-electron chi connectivity index (χ3n) is 4.37. The van der Waals surface area contributed by atoms with Gasteiger partial charge in [0.05, 0.1) is 4.75 Å².